The summed E-state index contributed by atoms with van der Waals surface area (Å²) >= 11 is 0. The molecule has 292 valence electrons. The van der Waals surface area contributed by atoms with Crippen LogP contribution in [0, 0.1) is 0 Å². The number of aliphatic hydroxyl groups excluding tert-OH is 4. The highest BCUT2D eigenvalue weighted by Gasteiger charge is 2.28. The Morgan fingerprint density at radius 1 is 0.500 bits per heavy atom. The van der Waals surface area contributed by atoms with Gasteiger partial charge in [0.15, 0.2) is 0 Å². The molecule has 50 heavy (non-hydrogen) atoms. The Balaban J connectivity index is 3.75. The second-order valence-corrected chi connectivity index (χ2v) is 14.3. The Hall–Kier alpha value is -1.73. The summed E-state index contributed by atoms with van der Waals surface area (Å²) in [5.41, 5.74) is 0. The summed E-state index contributed by atoms with van der Waals surface area (Å²) in [6, 6.07) is -1.01. The number of unbranched alkanes of at least 4 members (excludes halogenated alkanes) is 20. The Kier molecular flexibility index (Phi) is 37.2. The summed E-state index contributed by atoms with van der Waals surface area (Å²) < 4.78 is 0. The Bertz CT molecular complexity index is 838. The maximum absolute atomic E-state index is 12.5. The largest absolute Gasteiger partial charge is 0.394 e. The average molecular weight is 704 g/mol. The number of hydrogen-bond acceptors (Lipinski definition) is 5. The molecule has 4 unspecified atom stereocenters. The third kappa shape index (κ3) is 32.2. The lowest BCUT2D eigenvalue weighted by Gasteiger charge is -2.27. The average Bonchev–Trinajstić information content (AvgIpc) is 3.12. The van der Waals surface area contributed by atoms with Crippen molar-refractivity contribution in [1.82, 2.24) is 5.32 Å². The van der Waals surface area contributed by atoms with E-state index in [9.17, 15) is 25.2 Å². The van der Waals surface area contributed by atoms with E-state index in [1.165, 1.54) is 103 Å². The smallest absolute Gasteiger partial charge is 0.249 e. The van der Waals surface area contributed by atoms with Crippen LogP contribution < -0.4 is 5.32 Å². The summed E-state index contributed by atoms with van der Waals surface area (Å²) in [4.78, 5) is 12.5. The zero-order chi connectivity index (χ0) is 36.8. The maximum Gasteiger partial charge on any atom is 0.249 e. The third-order valence-corrected chi connectivity index (χ3v) is 9.47. The molecule has 5 N–H and O–H groups in total. The van der Waals surface area contributed by atoms with Gasteiger partial charge in [-0.25, -0.2) is 0 Å². The van der Waals surface area contributed by atoms with E-state index in [2.05, 4.69) is 67.8 Å². The second kappa shape index (κ2) is 38.5. The number of nitrogens with one attached hydrogen (secondary N) is 1. The van der Waals surface area contributed by atoms with Gasteiger partial charge in [-0.2, -0.15) is 0 Å². The van der Waals surface area contributed by atoms with Crippen molar-refractivity contribution in [2.45, 2.75) is 218 Å². The lowest BCUT2D eigenvalue weighted by Crippen LogP contribution is -2.53. The molecule has 0 aromatic heterocycles. The van der Waals surface area contributed by atoms with Crippen LogP contribution in [0.5, 0.6) is 0 Å². The van der Waals surface area contributed by atoms with Crippen molar-refractivity contribution in [2.24, 2.45) is 0 Å². The number of carbonyl (C=O) groups excluding carboxylic acids is 1. The summed E-state index contributed by atoms with van der Waals surface area (Å²) in [6.07, 6.45) is 45.8. The van der Waals surface area contributed by atoms with E-state index in [0.717, 1.165) is 57.8 Å². The van der Waals surface area contributed by atoms with E-state index in [4.69, 9.17) is 0 Å². The standard InChI is InChI=1S/C44H81NO5/c1-3-5-7-9-11-13-15-16-17-18-19-20-21-22-23-24-25-26-27-28-30-32-34-36-38-42(48)44(50)45-40(39-46)43(49)41(47)37-35-33-31-29-14-12-10-8-6-4-2/h8,10,19-20,22-23,29,31,40-43,46-49H,3-7,9,11-18,21,24-28,30,32-39H2,1-2H3,(H,45,50)/b10-8+,20-19-,23-22-,31-29+. The SMILES string of the molecule is CCC/C=C/CC/C=C/CCCC(O)C(O)C(CO)NC(=O)C(O)CCCCCCCCCC/C=C\C/C=C\CCCCCCCCCCC. The Morgan fingerprint density at radius 3 is 1.46 bits per heavy atom. The first-order valence-electron chi connectivity index (χ1n) is 21.0. The number of amides is 1. The number of hydrogen-bond donors (Lipinski definition) is 5. The Labute approximate surface area is 309 Å². The van der Waals surface area contributed by atoms with Crippen LogP contribution in [-0.4, -0.2) is 57.3 Å². The molecule has 0 saturated heterocycles. The van der Waals surface area contributed by atoms with Gasteiger partial charge >= 0.3 is 0 Å². The summed E-state index contributed by atoms with van der Waals surface area (Å²) in [5.74, 6) is -0.606. The third-order valence-electron chi connectivity index (χ3n) is 9.47. The van der Waals surface area contributed by atoms with Gasteiger partial charge in [-0.3, -0.25) is 4.79 Å². The number of allylic oxidation sites excluding steroid dienone is 8. The molecule has 1 amide bonds. The highest BCUT2D eigenvalue weighted by molar-refractivity contribution is 5.80. The van der Waals surface area contributed by atoms with Crippen LogP contribution in [0.25, 0.3) is 0 Å². The van der Waals surface area contributed by atoms with E-state index >= 15 is 0 Å². The van der Waals surface area contributed by atoms with E-state index in [0.29, 0.717) is 19.3 Å². The predicted octanol–water partition coefficient (Wildman–Crippen LogP) is 10.7. The maximum atomic E-state index is 12.5. The molecule has 6 nitrogen and oxygen atoms in total. The molecule has 0 saturated carbocycles. The van der Waals surface area contributed by atoms with E-state index < -0.39 is 36.9 Å². The molecule has 0 bridgehead atoms. The topological polar surface area (TPSA) is 110 Å². The van der Waals surface area contributed by atoms with Crippen molar-refractivity contribution < 1.29 is 25.2 Å². The molecule has 0 aliphatic carbocycles. The van der Waals surface area contributed by atoms with Gasteiger partial charge in [0, 0.05) is 0 Å². The molecule has 0 heterocycles. The van der Waals surface area contributed by atoms with Crippen LogP contribution in [0.4, 0.5) is 0 Å². The minimum Gasteiger partial charge on any atom is -0.394 e. The molecule has 6 heteroatoms. The highest BCUT2D eigenvalue weighted by Crippen LogP contribution is 2.14. The monoisotopic (exact) mass is 704 g/mol. The van der Waals surface area contributed by atoms with Crippen molar-refractivity contribution in [2.75, 3.05) is 6.61 Å². The van der Waals surface area contributed by atoms with Crippen molar-refractivity contribution in [3.05, 3.63) is 48.6 Å². The van der Waals surface area contributed by atoms with Crippen LogP contribution in [0.2, 0.25) is 0 Å². The van der Waals surface area contributed by atoms with Gasteiger partial charge in [-0.1, -0.05) is 165 Å². The molecular formula is C44H81NO5. The van der Waals surface area contributed by atoms with Crippen molar-refractivity contribution in [3.63, 3.8) is 0 Å². The molecule has 0 aliphatic heterocycles. The van der Waals surface area contributed by atoms with Gasteiger partial charge in [0.2, 0.25) is 5.91 Å². The molecule has 4 atom stereocenters. The molecule has 0 radical (unpaired) electrons. The minimum absolute atomic E-state index is 0.351. The first-order valence-corrected chi connectivity index (χ1v) is 21.0. The molecule has 0 spiro atoms. The van der Waals surface area contributed by atoms with E-state index in [-0.39, 0.29) is 0 Å². The van der Waals surface area contributed by atoms with Gasteiger partial charge in [0.1, 0.15) is 12.2 Å². The lowest BCUT2D eigenvalue weighted by molar-refractivity contribution is -0.132. The fourth-order valence-corrected chi connectivity index (χ4v) is 6.10. The molecule has 0 aromatic rings. The zero-order valence-corrected chi connectivity index (χ0v) is 32.6. The fourth-order valence-electron chi connectivity index (χ4n) is 6.10. The quantitative estimate of drug-likeness (QED) is 0.0327. The van der Waals surface area contributed by atoms with Gasteiger partial charge in [0.05, 0.1) is 18.8 Å². The van der Waals surface area contributed by atoms with Crippen molar-refractivity contribution in [1.29, 1.82) is 0 Å². The van der Waals surface area contributed by atoms with Crippen LogP contribution in [0.15, 0.2) is 48.6 Å². The van der Waals surface area contributed by atoms with Crippen molar-refractivity contribution in [3.8, 4) is 0 Å². The summed E-state index contributed by atoms with van der Waals surface area (Å²) in [6.45, 7) is 3.94. The van der Waals surface area contributed by atoms with Crippen molar-refractivity contribution >= 4 is 5.91 Å². The fraction of sp³-hybridized carbons (Fsp3) is 0.795. The van der Waals surface area contributed by atoms with Crippen LogP contribution in [0.3, 0.4) is 0 Å². The van der Waals surface area contributed by atoms with Gasteiger partial charge in [-0.15, -0.1) is 0 Å². The Morgan fingerprint density at radius 2 is 0.940 bits per heavy atom. The second-order valence-electron chi connectivity index (χ2n) is 14.3. The first kappa shape index (κ1) is 48.3. The highest BCUT2D eigenvalue weighted by atomic mass is 16.3. The van der Waals surface area contributed by atoms with E-state index in [1.807, 2.05) is 0 Å². The molecule has 0 aliphatic rings. The van der Waals surface area contributed by atoms with Gasteiger partial charge < -0.3 is 25.7 Å². The van der Waals surface area contributed by atoms with Crippen LogP contribution >= 0.6 is 0 Å². The number of carbonyl (C=O) groups is 1. The zero-order valence-electron chi connectivity index (χ0n) is 32.6. The molecule has 0 aromatic carbocycles. The summed E-state index contributed by atoms with van der Waals surface area (Å²) in [7, 11) is 0. The molecular weight excluding hydrogens is 622 g/mol. The molecule has 0 fully saturated rings. The summed E-state index contributed by atoms with van der Waals surface area (Å²) in [5, 5.41) is 43.4. The predicted molar refractivity (Wildman–Crippen MR) is 214 cm³/mol. The van der Waals surface area contributed by atoms with E-state index in [1.54, 1.807) is 0 Å². The minimum atomic E-state index is -1.29. The first-order chi connectivity index (χ1) is 24.5. The lowest BCUT2D eigenvalue weighted by atomic mass is 10.00. The molecule has 0 rings (SSSR count). The number of rotatable bonds is 37. The van der Waals surface area contributed by atoms with Gasteiger partial charge in [-0.05, 0) is 77.0 Å². The van der Waals surface area contributed by atoms with Crippen LogP contribution in [-0.2, 0) is 4.79 Å². The normalized spacial score (nSPS) is 14.8. The number of aliphatic hydroxyl groups is 4. The van der Waals surface area contributed by atoms with Crippen LogP contribution in [0.1, 0.15) is 194 Å². The van der Waals surface area contributed by atoms with Gasteiger partial charge in [0.25, 0.3) is 0 Å².